The molecule has 0 aromatic rings. The number of carbonyl (C=O) groups is 3. The van der Waals surface area contributed by atoms with Crippen molar-refractivity contribution < 1.29 is 23.9 Å². The highest BCUT2D eigenvalue weighted by Gasteiger charge is 2.22. The van der Waals surface area contributed by atoms with E-state index in [4.69, 9.17) is 9.47 Å². The van der Waals surface area contributed by atoms with Crippen molar-refractivity contribution in [3.63, 3.8) is 0 Å². The summed E-state index contributed by atoms with van der Waals surface area (Å²) >= 11 is 3.08. The van der Waals surface area contributed by atoms with E-state index in [1.54, 1.807) is 25.7 Å². The van der Waals surface area contributed by atoms with Crippen LogP contribution in [0.3, 0.4) is 0 Å². The lowest BCUT2D eigenvalue weighted by Gasteiger charge is -2.27. The molecule has 0 saturated heterocycles. The minimum atomic E-state index is -0.589. The maximum atomic E-state index is 12.4. The standard InChI is InChI=1S/C18H34BrN3O5/c1-17(2,3)26-15(24)21-10-8-12-22(16(25)27-18(4,5)6)11-7-9-20-14(23)13-19/h7-13H2,1-6H3,(H,20,23)(H,21,24). The third-order valence-electron chi connectivity index (χ3n) is 2.97. The van der Waals surface area contributed by atoms with Gasteiger partial charge in [0.05, 0.1) is 5.33 Å². The van der Waals surface area contributed by atoms with Gasteiger partial charge in [0, 0.05) is 26.2 Å². The van der Waals surface area contributed by atoms with E-state index in [1.807, 2.05) is 20.8 Å². The zero-order valence-electron chi connectivity index (χ0n) is 17.3. The van der Waals surface area contributed by atoms with Crippen LogP contribution < -0.4 is 10.6 Å². The number of amides is 3. The molecule has 3 amide bonds. The molecule has 0 unspecified atom stereocenters. The summed E-state index contributed by atoms with van der Waals surface area (Å²) < 4.78 is 10.6. The summed E-state index contributed by atoms with van der Waals surface area (Å²) in [4.78, 5) is 36.8. The van der Waals surface area contributed by atoms with Gasteiger partial charge in [-0.2, -0.15) is 0 Å². The molecule has 0 fully saturated rings. The first-order chi connectivity index (χ1) is 12.3. The van der Waals surface area contributed by atoms with Gasteiger partial charge in [0.15, 0.2) is 0 Å². The van der Waals surface area contributed by atoms with Crippen LogP contribution in [0.2, 0.25) is 0 Å². The smallest absolute Gasteiger partial charge is 0.410 e. The molecule has 0 atom stereocenters. The van der Waals surface area contributed by atoms with Crippen LogP contribution in [0.5, 0.6) is 0 Å². The van der Waals surface area contributed by atoms with E-state index in [0.29, 0.717) is 39.0 Å². The van der Waals surface area contributed by atoms with E-state index in [1.165, 1.54) is 0 Å². The second-order valence-electron chi connectivity index (χ2n) is 8.09. The summed E-state index contributed by atoms with van der Waals surface area (Å²) in [6.45, 7) is 12.5. The molecule has 0 heterocycles. The first-order valence-corrected chi connectivity index (χ1v) is 10.2. The van der Waals surface area contributed by atoms with Crippen molar-refractivity contribution in [2.75, 3.05) is 31.5 Å². The number of alkyl halides is 1. The molecule has 8 nitrogen and oxygen atoms in total. The molecular weight excluding hydrogens is 418 g/mol. The summed E-state index contributed by atoms with van der Waals surface area (Å²) in [7, 11) is 0. The number of rotatable bonds is 9. The highest BCUT2D eigenvalue weighted by atomic mass is 79.9. The van der Waals surface area contributed by atoms with Crippen LogP contribution in [-0.2, 0) is 14.3 Å². The second-order valence-corrected chi connectivity index (χ2v) is 8.65. The van der Waals surface area contributed by atoms with Gasteiger partial charge < -0.3 is 25.0 Å². The molecule has 0 bridgehead atoms. The van der Waals surface area contributed by atoms with Gasteiger partial charge in [-0.05, 0) is 54.4 Å². The number of carbonyl (C=O) groups excluding carboxylic acids is 3. The summed E-state index contributed by atoms with van der Waals surface area (Å²) in [5.41, 5.74) is -1.14. The Bertz CT molecular complexity index is 486. The molecule has 0 aromatic heterocycles. The van der Waals surface area contributed by atoms with E-state index in [0.717, 1.165) is 0 Å². The van der Waals surface area contributed by atoms with Crippen molar-refractivity contribution in [2.45, 2.75) is 65.6 Å². The number of hydrogen-bond acceptors (Lipinski definition) is 5. The summed E-state index contributed by atoms with van der Waals surface area (Å²) in [5, 5.41) is 5.66. The molecule has 0 aliphatic carbocycles. The Morgan fingerprint density at radius 1 is 0.852 bits per heavy atom. The molecule has 2 N–H and O–H groups in total. The zero-order chi connectivity index (χ0) is 21.1. The van der Waals surface area contributed by atoms with E-state index < -0.39 is 23.4 Å². The van der Waals surface area contributed by atoms with Gasteiger partial charge in [-0.1, -0.05) is 15.9 Å². The van der Waals surface area contributed by atoms with Crippen molar-refractivity contribution in [3.8, 4) is 0 Å². The number of alkyl carbamates (subject to hydrolysis) is 1. The number of hydrogen-bond donors (Lipinski definition) is 2. The molecular formula is C18H34BrN3O5. The van der Waals surface area contributed by atoms with Gasteiger partial charge in [0.1, 0.15) is 11.2 Å². The number of nitrogens with zero attached hydrogens (tertiary/aromatic N) is 1. The Hall–Kier alpha value is -1.51. The van der Waals surface area contributed by atoms with Crippen molar-refractivity contribution in [3.05, 3.63) is 0 Å². The Morgan fingerprint density at radius 3 is 1.78 bits per heavy atom. The Balaban J connectivity index is 4.42. The molecule has 0 aliphatic heterocycles. The number of nitrogens with one attached hydrogen (secondary N) is 2. The first kappa shape index (κ1) is 25.5. The minimum Gasteiger partial charge on any atom is -0.444 e. The quantitative estimate of drug-likeness (QED) is 0.414. The van der Waals surface area contributed by atoms with Gasteiger partial charge >= 0.3 is 12.2 Å². The summed E-state index contributed by atoms with van der Waals surface area (Å²) in [6.07, 6.45) is 0.277. The molecule has 9 heteroatoms. The third-order valence-corrected chi connectivity index (χ3v) is 3.48. The lowest BCUT2D eigenvalue weighted by molar-refractivity contribution is -0.118. The first-order valence-electron chi connectivity index (χ1n) is 9.11. The monoisotopic (exact) mass is 451 g/mol. The van der Waals surface area contributed by atoms with Gasteiger partial charge in [0.2, 0.25) is 5.91 Å². The van der Waals surface area contributed by atoms with E-state index >= 15 is 0 Å². The highest BCUT2D eigenvalue weighted by molar-refractivity contribution is 9.09. The van der Waals surface area contributed by atoms with Crippen molar-refractivity contribution in [1.82, 2.24) is 15.5 Å². The maximum absolute atomic E-state index is 12.4. The maximum Gasteiger partial charge on any atom is 0.410 e. The Labute approximate surface area is 170 Å². The largest absolute Gasteiger partial charge is 0.444 e. The summed E-state index contributed by atoms with van der Waals surface area (Å²) in [5.74, 6) is -0.0969. The third kappa shape index (κ3) is 15.3. The SMILES string of the molecule is CC(C)(C)OC(=O)NCCCN(CCCNC(=O)CBr)C(=O)OC(C)(C)C. The lowest BCUT2D eigenvalue weighted by atomic mass is 10.2. The lowest BCUT2D eigenvalue weighted by Crippen LogP contribution is -2.40. The van der Waals surface area contributed by atoms with E-state index in [-0.39, 0.29) is 11.2 Å². The van der Waals surface area contributed by atoms with Gasteiger partial charge in [-0.3, -0.25) is 4.79 Å². The van der Waals surface area contributed by atoms with Gasteiger partial charge in [0.25, 0.3) is 0 Å². The highest BCUT2D eigenvalue weighted by Crippen LogP contribution is 2.11. The van der Waals surface area contributed by atoms with Crippen molar-refractivity contribution in [2.24, 2.45) is 0 Å². The molecule has 0 spiro atoms. The normalized spacial score (nSPS) is 11.5. The van der Waals surface area contributed by atoms with Gasteiger partial charge in [-0.25, -0.2) is 9.59 Å². The van der Waals surface area contributed by atoms with Crippen LogP contribution in [0, 0.1) is 0 Å². The zero-order valence-corrected chi connectivity index (χ0v) is 18.9. The van der Waals surface area contributed by atoms with Crippen LogP contribution in [0.25, 0.3) is 0 Å². The molecule has 0 saturated carbocycles. The van der Waals surface area contributed by atoms with Crippen molar-refractivity contribution in [1.29, 1.82) is 0 Å². The second kappa shape index (κ2) is 12.0. The molecule has 0 radical (unpaired) electrons. The number of ether oxygens (including phenoxy) is 2. The molecule has 0 rings (SSSR count). The number of halogens is 1. The van der Waals surface area contributed by atoms with Crippen LogP contribution in [0.4, 0.5) is 9.59 Å². The predicted molar refractivity (Wildman–Crippen MR) is 108 cm³/mol. The van der Waals surface area contributed by atoms with Crippen molar-refractivity contribution >= 4 is 34.0 Å². The molecule has 27 heavy (non-hydrogen) atoms. The van der Waals surface area contributed by atoms with E-state index in [2.05, 4.69) is 26.6 Å². The van der Waals surface area contributed by atoms with Gasteiger partial charge in [-0.15, -0.1) is 0 Å². The van der Waals surface area contributed by atoms with Crippen LogP contribution in [-0.4, -0.2) is 65.7 Å². The average molecular weight is 452 g/mol. The molecule has 158 valence electrons. The summed E-state index contributed by atoms with van der Waals surface area (Å²) in [6, 6.07) is 0. The predicted octanol–water partition coefficient (Wildman–Crippen LogP) is 3.04. The van der Waals surface area contributed by atoms with Crippen LogP contribution in [0.1, 0.15) is 54.4 Å². The molecule has 0 aromatic carbocycles. The van der Waals surface area contributed by atoms with E-state index in [9.17, 15) is 14.4 Å². The average Bonchev–Trinajstić information content (AvgIpc) is 2.49. The Morgan fingerprint density at radius 2 is 1.33 bits per heavy atom. The molecule has 0 aliphatic rings. The topological polar surface area (TPSA) is 97.0 Å². The Kier molecular flexibility index (Phi) is 11.4. The fourth-order valence-corrected chi connectivity index (χ4v) is 2.14. The minimum absolute atomic E-state index is 0.0969. The van der Waals surface area contributed by atoms with Crippen LogP contribution >= 0.6 is 15.9 Å². The van der Waals surface area contributed by atoms with Crippen LogP contribution in [0.15, 0.2) is 0 Å². The fraction of sp³-hybridized carbons (Fsp3) is 0.833. The fourth-order valence-electron chi connectivity index (χ4n) is 1.94.